The van der Waals surface area contributed by atoms with E-state index in [-0.39, 0.29) is 17.8 Å². The van der Waals surface area contributed by atoms with Gasteiger partial charge in [0.05, 0.1) is 17.7 Å². The van der Waals surface area contributed by atoms with Crippen molar-refractivity contribution < 1.29 is 18.7 Å². The summed E-state index contributed by atoms with van der Waals surface area (Å²) in [5.41, 5.74) is 0.902. The predicted octanol–water partition coefficient (Wildman–Crippen LogP) is 3.09. The molecule has 0 saturated carbocycles. The molecule has 3 aliphatic rings. The summed E-state index contributed by atoms with van der Waals surface area (Å²) in [4.78, 5) is 33.9. The Labute approximate surface area is 169 Å². The van der Waals surface area contributed by atoms with Crippen LogP contribution < -0.4 is 9.64 Å². The third-order valence-electron chi connectivity index (χ3n) is 6.07. The van der Waals surface area contributed by atoms with Crippen molar-refractivity contribution in [3.8, 4) is 5.75 Å². The number of Topliss-reactive ketones (excluding diaryl/α,β-unsaturated/α-hetero) is 1. The molecule has 2 aromatic heterocycles. The average molecular weight is 395 g/mol. The molecule has 0 bridgehead atoms. The highest BCUT2D eigenvalue weighted by molar-refractivity contribution is 6.09. The van der Waals surface area contributed by atoms with Crippen molar-refractivity contribution >= 4 is 17.5 Å². The highest BCUT2D eigenvalue weighted by atomic mass is 16.5. The van der Waals surface area contributed by atoms with E-state index >= 15 is 0 Å². The van der Waals surface area contributed by atoms with Gasteiger partial charge in [0, 0.05) is 45.1 Å². The van der Waals surface area contributed by atoms with Gasteiger partial charge in [-0.25, -0.2) is 4.98 Å². The minimum absolute atomic E-state index is 0.0148. The van der Waals surface area contributed by atoms with Crippen LogP contribution in [0, 0.1) is 0 Å². The second-order valence-corrected chi connectivity index (χ2v) is 8.02. The first-order valence-electron chi connectivity index (χ1n) is 10.5. The Hall–Kier alpha value is -2.83. The largest absolute Gasteiger partial charge is 0.485 e. The number of pyridine rings is 1. The van der Waals surface area contributed by atoms with E-state index in [4.69, 9.17) is 9.15 Å². The average Bonchev–Trinajstić information content (AvgIpc) is 3.49. The maximum Gasteiger partial charge on any atom is 0.258 e. The van der Waals surface area contributed by atoms with Gasteiger partial charge in [0.15, 0.2) is 17.4 Å². The number of anilines is 1. The van der Waals surface area contributed by atoms with Crippen LogP contribution in [0.2, 0.25) is 0 Å². The van der Waals surface area contributed by atoms with E-state index in [9.17, 15) is 9.59 Å². The molecule has 2 aromatic rings. The molecule has 0 spiro atoms. The molecule has 0 N–H and O–H groups in total. The van der Waals surface area contributed by atoms with Gasteiger partial charge in [-0.2, -0.15) is 0 Å². The fourth-order valence-corrected chi connectivity index (χ4v) is 4.58. The number of likely N-dealkylation sites (tertiary alicyclic amines) is 1. The Morgan fingerprint density at radius 2 is 2.03 bits per heavy atom. The van der Waals surface area contributed by atoms with E-state index in [0.717, 1.165) is 43.9 Å². The van der Waals surface area contributed by atoms with Crippen LogP contribution in [0.15, 0.2) is 29.0 Å². The standard InChI is InChI=1S/C22H25N3O4/c26-17-5-3-6-18-20(17)16(14-28-18)22(27)25-12-8-15(13-25)29-19-7-4-9-23-21(19)24-10-1-2-11-24/h4,7,9,14-15H,1-3,5-6,8,10-13H2. The summed E-state index contributed by atoms with van der Waals surface area (Å²) < 4.78 is 11.8. The zero-order valence-electron chi connectivity index (χ0n) is 16.4. The lowest BCUT2D eigenvalue weighted by molar-refractivity contribution is 0.0766. The number of rotatable bonds is 4. The molecule has 7 heteroatoms. The number of amides is 1. The summed E-state index contributed by atoms with van der Waals surface area (Å²) in [6, 6.07) is 3.84. The highest BCUT2D eigenvalue weighted by Gasteiger charge is 2.34. The third kappa shape index (κ3) is 3.39. The molecule has 1 unspecified atom stereocenters. The second kappa shape index (κ2) is 7.54. The van der Waals surface area contributed by atoms with E-state index in [1.54, 1.807) is 11.1 Å². The van der Waals surface area contributed by atoms with Crippen LogP contribution in [0.3, 0.4) is 0 Å². The lowest BCUT2D eigenvalue weighted by Gasteiger charge is -2.22. The van der Waals surface area contributed by atoms with Crippen LogP contribution in [0.5, 0.6) is 5.75 Å². The molecule has 2 aliphatic heterocycles. The van der Waals surface area contributed by atoms with Gasteiger partial charge >= 0.3 is 0 Å². The molecule has 0 radical (unpaired) electrons. The van der Waals surface area contributed by atoms with Crippen molar-refractivity contribution in [3.05, 3.63) is 41.5 Å². The van der Waals surface area contributed by atoms with E-state index in [1.807, 2.05) is 12.1 Å². The van der Waals surface area contributed by atoms with E-state index in [1.165, 1.54) is 19.1 Å². The van der Waals surface area contributed by atoms with Crippen molar-refractivity contribution in [2.75, 3.05) is 31.1 Å². The molecule has 152 valence electrons. The fourth-order valence-electron chi connectivity index (χ4n) is 4.58. The molecule has 2 fully saturated rings. The number of carbonyl (C=O) groups excluding carboxylic acids is 2. The minimum atomic E-state index is -0.137. The van der Waals surface area contributed by atoms with Gasteiger partial charge in [-0.05, 0) is 31.4 Å². The predicted molar refractivity (Wildman–Crippen MR) is 107 cm³/mol. The number of ketones is 1. The third-order valence-corrected chi connectivity index (χ3v) is 6.07. The van der Waals surface area contributed by atoms with Crippen LogP contribution in [-0.4, -0.2) is 53.9 Å². The molecule has 4 heterocycles. The Balaban J connectivity index is 1.29. The first-order valence-corrected chi connectivity index (χ1v) is 10.5. The van der Waals surface area contributed by atoms with Gasteiger partial charge in [-0.3, -0.25) is 9.59 Å². The highest BCUT2D eigenvalue weighted by Crippen LogP contribution is 2.32. The summed E-state index contributed by atoms with van der Waals surface area (Å²) in [5.74, 6) is 2.21. The molecule has 0 aromatic carbocycles. The molecular formula is C22H25N3O4. The summed E-state index contributed by atoms with van der Waals surface area (Å²) in [6.07, 6.45) is 8.28. The smallest absolute Gasteiger partial charge is 0.258 e. The van der Waals surface area contributed by atoms with Gasteiger partial charge in [-0.1, -0.05) is 0 Å². The zero-order valence-corrected chi connectivity index (χ0v) is 16.4. The number of carbonyl (C=O) groups is 2. The van der Waals surface area contributed by atoms with E-state index in [0.29, 0.717) is 36.4 Å². The number of fused-ring (bicyclic) bond motifs is 1. The number of hydrogen-bond acceptors (Lipinski definition) is 6. The Morgan fingerprint density at radius 3 is 2.90 bits per heavy atom. The molecular weight excluding hydrogens is 370 g/mol. The molecule has 1 amide bonds. The van der Waals surface area contributed by atoms with Crippen molar-refractivity contribution in [2.45, 2.75) is 44.6 Å². The number of ether oxygens (including phenoxy) is 1. The van der Waals surface area contributed by atoms with Crippen LogP contribution in [0.25, 0.3) is 0 Å². The zero-order chi connectivity index (χ0) is 19.8. The van der Waals surface area contributed by atoms with Gasteiger partial charge in [-0.15, -0.1) is 0 Å². The van der Waals surface area contributed by atoms with Crippen molar-refractivity contribution in [1.82, 2.24) is 9.88 Å². The maximum absolute atomic E-state index is 13.0. The van der Waals surface area contributed by atoms with E-state index < -0.39 is 0 Å². The number of hydrogen-bond donors (Lipinski definition) is 0. The lowest BCUT2D eigenvalue weighted by Crippen LogP contribution is -2.32. The topological polar surface area (TPSA) is 75.9 Å². The van der Waals surface area contributed by atoms with Crippen molar-refractivity contribution in [1.29, 1.82) is 0 Å². The monoisotopic (exact) mass is 395 g/mol. The summed E-state index contributed by atoms with van der Waals surface area (Å²) in [6.45, 7) is 3.11. The summed E-state index contributed by atoms with van der Waals surface area (Å²) >= 11 is 0. The minimum Gasteiger partial charge on any atom is -0.485 e. The van der Waals surface area contributed by atoms with Gasteiger partial charge in [0.1, 0.15) is 18.1 Å². The molecule has 1 aliphatic carbocycles. The Kier molecular flexibility index (Phi) is 4.73. The Morgan fingerprint density at radius 1 is 1.17 bits per heavy atom. The quantitative estimate of drug-likeness (QED) is 0.792. The fraction of sp³-hybridized carbons (Fsp3) is 0.500. The molecule has 29 heavy (non-hydrogen) atoms. The van der Waals surface area contributed by atoms with Crippen LogP contribution in [0.4, 0.5) is 5.82 Å². The van der Waals surface area contributed by atoms with Gasteiger partial charge < -0.3 is 19.0 Å². The molecule has 1 atom stereocenters. The summed E-state index contributed by atoms with van der Waals surface area (Å²) in [7, 11) is 0. The van der Waals surface area contributed by atoms with Gasteiger partial charge in [0.25, 0.3) is 5.91 Å². The SMILES string of the molecule is O=C1CCCc2occ(C(=O)N3CCC(Oc4cccnc4N4CCCC4)C3)c21. The van der Waals surface area contributed by atoms with Crippen LogP contribution in [-0.2, 0) is 6.42 Å². The molecule has 2 saturated heterocycles. The van der Waals surface area contributed by atoms with Crippen LogP contribution in [0.1, 0.15) is 58.6 Å². The normalized spacial score (nSPS) is 21.5. The summed E-state index contributed by atoms with van der Waals surface area (Å²) in [5, 5.41) is 0. The van der Waals surface area contributed by atoms with Crippen molar-refractivity contribution in [2.24, 2.45) is 0 Å². The Bertz CT molecular complexity index is 932. The van der Waals surface area contributed by atoms with Crippen molar-refractivity contribution in [3.63, 3.8) is 0 Å². The number of furan rings is 1. The van der Waals surface area contributed by atoms with E-state index in [2.05, 4.69) is 9.88 Å². The molecule has 5 rings (SSSR count). The van der Waals surface area contributed by atoms with Crippen LogP contribution >= 0.6 is 0 Å². The molecule has 7 nitrogen and oxygen atoms in total. The number of aromatic nitrogens is 1. The lowest BCUT2D eigenvalue weighted by atomic mass is 9.94. The van der Waals surface area contributed by atoms with Gasteiger partial charge in [0.2, 0.25) is 0 Å². The maximum atomic E-state index is 13.0. The first-order chi connectivity index (χ1) is 14.2. The second-order valence-electron chi connectivity index (χ2n) is 8.02. The number of aryl methyl sites for hydroxylation is 1. The number of nitrogens with zero attached hydrogens (tertiary/aromatic N) is 3. The first kappa shape index (κ1) is 18.2.